The highest BCUT2D eigenvalue weighted by molar-refractivity contribution is 6.30. The molecule has 36 heavy (non-hydrogen) atoms. The van der Waals surface area contributed by atoms with Crippen LogP contribution in [-0.4, -0.2) is 69.7 Å². The Kier molecular flexibility index (Phi) is 7.99. The van der Waals surface area contributed by atoms with E-state index in [9.17, 15) is 4.79 Å². The van der Waals surface area contributed by atoms with Crippen LogP contribution in [0.3, 0.4) is 0 Å². The van der Waals surface area contributed by atoms with Crippen molar-refractivity contribution in [2.45, 2.75) is 45.4 Å². The van der Waals surface area contributed by atoms with E-state index in [4.69, 9.17) is 11.6 Å². The molecule has 0 saturated carbocycles. The van der Waals surface area contributed by atoms with Gasteiger partial charge >= 0.3 is 0 Å². The van der Waals surface area contributed by atoms with Gasteiger partial charge in [0.2, 0.25) is 5.91 Å². The smallest absolute Gasteiger partial charge is 0.238 e. The number of piperazine rings is 1. The van der Waals surface area contributed by atoms with Crippen LogP contribution in [0.5, 0.6) is 0 Å². The third-order valence-corrected chi connectivity index (χ3v) is 7.43. The monoisotopic (exact) mass is 506 g/mol. The van der Waals surface area contributed by atoms with Crippen LogP contribution in [0.25, 0.3) is 17.1 Å². The maximum Gasteiger partial charge on any atom is 0.238 e. The highest BCUT2D eigenvalue weighted by atomic mass is 35.5. The van der Waals surface area contributed by atoms with E-state index in [2.05, 4.69) is 48.9 Å². The lowest BCUT2D eigenvalue weighted by atomic mass is 10.0. The first-order valence-corrected chi connectivity index (χ1v) is 13.6. The Hall–Kier alpha value is -2.74. The van der Waals surface area contributed by atoms with Gasteiger partial charge in [-0.15, -0.1) is 10.2 Å². The summed E-state index contributed by atoms with van der Waals surface area (Å²) in [6.07, 6.45) is 6.88. The highest BCUT2D eigenvalue weighted by Crippen LogP contribution is 2.32. The Morgan fingerprint density at radius 3 is 2.61 bits per heavy atom. The minimum Gasteiger partial charge on any atom is -0.325 e. The van der Waals surface area contributed by atoms with Gasteiger partial charge in [-0.05, 0) is 55.3 Å². The minimum absolute atomic E-state index is 0.0479. The summed E-state index contributed by atoms with van der Waals surface area (Å²) < 4.78 is 2.11. The van der Waals surface area contributed by atoms with Gasteiger partial charge < -0.3 is 10.2 Å². The summed E-state index contributed by atoms with van der Waals surface area (Å²) in [5.74, 6) is 1.78. The first-order chi connectivity index (χ1) is 17.6. The van der Waals surface area contributed by atoms with E-state index in [1.54, 1.807) is 0 Å². The Bertz CT molecular complexity index is 1200. The Morgan fingerprint density at radius 1 is 0.972 bits per heavy atom. The number of fused-ring (bicyclic) bond motifs is 3. The normalized spacial score (nSPS) is 15.9. The van der Waals surface area contributed by atoms with Gasteiger partial charge in [0.1, 0.15) is 5.82 Å². The van der Waals surface area contributed by atoms with Gasteiger partial charge in [0, 0.05) is 48.9 Å². The molecular weight excluding hydrogens is 472 g/mol. The lowest BCUT2D eigenvalue weighted by Gasteiger charge is -2.34. The fourth-order valence-electron chi connectivity index (χ4n) is 5.21. The zero-order valence-electron chi connectivity index (χ0n) is 21.0. The molecule has 0 radical (unpaired) electrons. The quantitative estimate of drug-likeness (QED) is 0.421. The number of nitrogens with one attached hydrogen (secondary N) is 1. The minimum atomic E-state index is 0.0479. The van der Waals surface area contributed by atoms with Crippen molar-refractivity contribution in [3.8, 4) is 17.1 Å². The zero-order chi connectivity index (χ0) is 24.9. The Balaban J connectivity index is 1.19. The van der Waals surface area contributed by atoms with E-state index >= 15 is 0 Å². The number of hydrogen-bond donors (Lipinski definition) is 1. The number of rotatable bonds is 9. The molecule has 2 aliphatic rings. The van der Waals surface area contributed by atoms with Gasteiger partial charge in [0.05, 0.1) is 12.2 Å². The van der Waals surface area contributed by atoms with Crippen LogP contribution in [0.15, 0.2) is 42.5 Å². The molecule has 8 heteroatoms. The molecule has 0 unspecified atom stereocenters. The van der Waals surface area contributed by atoms with Crippen molar-refractivity contribution in [3.63, 3.8) is 0 Å². The molecule has 0 atom stereocenters. The van der Waals surface area contributed by atoms with Crippen molar-refractivity contribution >= 4 is 23.2 Å². The van der Waals surface area contributed by atoms with Crippen LogP contribution in [-0.2, 0) is 17.6 Å². The van der Waals surface area contributed by atoms with E-state index in [0.29, 0.717) is 11.6 Å². The van der Waals surface area contributed by atoms with Crippen molar-refractivity contribution in [2.24, 2.45) is 0 Å². The number of carbonyl (C=O) groups is 1. The predicted molar refractivity (Wildman–Crippen MR) is 145 cm³/mol. The molecule has 2 aromatic carbocycles. The van der Waals surface area contributed by atoms with Crippen molar-refractivity contribution in [2.75, 3.05) is 44.6 Å². The maximum atomic E-state index is 12.8. The van der Waals surface area contributed by atoms with Crippen molar-refractivity contribution < 1.29 is 4.79 Å². The summed E-state index contributed by atoms with van der Waals surface area (Å²) in [5, 5.41) is 12.7. The molecule has 2 aliphatic heterocycles. The molecule has 190 valence electrons. The molecule has 5 rings (SSSR count). The molecule has 1 fully saturated rings. The molecule has 0 aliphatic carbocycles. The number of unbranched alkanes of at least 4 members (excludes halogenated alkanes) is 3. The molecular formula is C28H35ClN6O. The Morgan fingerprint density at radius 2 is 1.81 bits per heavy atom. The van der Waals surface area contributed by atoms with Gasteiger partial charge in [0.25, 0.3) is 0 Å². The number of amides is 1. The second-order valence-corrected chi connectivity index (χ2v) is 10.3. The molecule has 0 bridgehead atoms. The molecule has 1 amide bonds. The average molecular weight is 507 g/mol. The van der Waals surface area contributed by atoms with Crippen LogP contribution in [0.2, 0.25) is 5.02 Å². The first-order valence-electron chi connectivity index (χ1n) is 13.2. The summed E-state index contributed by atoms with van der Waals surface area (Å²) >= 11 is 6.22. The Labute approximate surface area is 218 Å². The van der Waals surface area contributed by atoms with Crippen LogP contribution in [0, 0.1) is 0 Å². The summed E-state index contributed by atoms with van der Waals surface area (Å²) in [4.78, 5) is 17.6. The number of aryl methyl sites for hydroxylation is 2. The van der Waals surface area contributed by atoms with E-state index < -0.39 is 0 Å². The van der Waals surface area contributed by atoms with E-state index in [-0.39, 0.29) is 5.91 Å². The zero-order valence-corrected chi connectivity index (χ0v) is 21.8. The fraction of sp³-hybridized carbons (Fsp3) is 0.464. The number of halogens is 1. The van der Waals surface area contributed by atoms with Crippen LogP contribution < -0.4 is 5.32 Å². The number of benzene rings is 2. The topological polar surface area (TPSA) is 66.3 Å². The van der Waals surface area contributed by atoms with E-state index in [0.717, 1.165) is 67.6 Å². The summed E-state index contributed by atoms with van der Waals surface area (Å²) in [7, 11) is 0. The SMILES string of the molecule is CCCCCCN1CCN(CC(=O)Nc2ccc3c(c2)CCc2nnc(-c4cccc(Cl)c4)n2-3)CC1. The lowest BCUT2D eigenvalue weighted by Crippen LogP contribution is -2.48. The lowest BCUT2D eigenvalue weighted by molar-refractivity contribution is -0.117. The number of aromatic nitrogens is 3. The van der Waals surface area contributed by atoms with E-state index in [1.807, 2.05) is 30.3 Å². The predicted octanol–water partition coefficient (Wildman–Crippen LogP) is 4.82. The third kappa shape index (κ3) is 5.80. The molecule has 1 N–H and O–H groups in total. The molecule has 3 heterocycles. The third-order valence-electron chi connectivity index (χ3n) is 7.20. The summed E-state index contributed by atoms with van der Waals surface area (Å²) in [6.45, 7) is 7.88. The van der Waals surface area contributed by atoms with Gasteiger partial charge in [-0.25, -0.2) is 0 Å². The standard InChI is InChI=1S/C28H35ClN6O/c1-2-3-4-5-13-33-14-16-34(17-15-33)20-27(36)30-24-10-11-25-21(19-24)9-12-26-31-32-28(35(25)26)22-7-6-8-23(29)18-22/h6-8,10-11,18-19H,2-5,9,12-17,20H2,1H3,(H,30,36). The molecule has 0 spiro atoms. The molecule has 7 nitrogen and oxygen atoms in total. The number of anilines is 1. The maximum absolute atomic E-state index is 12.8. The van der Waals surface area contributed by atoms with Crippen LogP contribution in [0.4, 0.5) is 5.69 Å². The number of nitrogens with zero attached hydrogens (tertiary/aromatic N) is 5. The van der Waals surface area contributed by atoms with Gasteiger partial charge in [-0.1, -0.05) is 49.9 Å². The number of hydrogen-bond acceptors (Lipinski definition) is 5. The van der Waals surface area contributed by atoms with Crippen molar-refractivity contribution in [1.82, 2.24) is 24.6 Å². The summed E-state index contributed by atoms with van der Waals surface area (Å²) in [6, 6.07) is 13.8. The van der Waals surface area contributed by atoms with Crippen LogP contribution >= 0.6 is 11.6 Å². The largest absolute Gasteiger partial charge is 0.325 e. The summed E-state index contributed by atoms with van der Waals surface area (Å²) in [5.41, 5.74) is 4.02. The average Bonchev–Trinajstić information content (AvgIpc) is 3.32. The van der Waals surface area contributed by atoms with Crippen molar-refractivity contribution in [1.29, 1.82) is 0 Å². The van der Waals surface area contributed by atoms with Gasteiger partial charge in [-0.2, -0.15) is 0 Å². The number of carbonyl (C=O) groups excluding carboxylic acids is 1. The van der Waals surface area contributed by atoms with Gasteiger partial charge in [0.15, 0.2) is 5.82 Å². The van der Waals surface area contributed by atoms with E-state index in [1.165, 1.54) is 37.8 Å². The second kappa shape index (κ2) is 11.5. The highest BCUT2D eigenvalue weighted by Gasteiger charge is 2.23. The molecule has 1 aromatic heterocycles. The molecule has 3 aromatic rings. The molecule has 1 saturated heterocycles. The fourth-order valence-corrected chi connectivity index (χ4v) is 5.40. The first kappa shape index (κ1) is 24.9. The van der Waals surface area contributed by atoms with Crippen LogP contribution in [0.1, 0.15) is 44.0 Å². The second-order valence-electron chi connectivity index (χ2n) is 9.86. The van der Waals surface area contributed by atoms with Gasteiger partial charge in [-0.3, -0.25) is 14.3 Å². The van der Waals surface area contributed by atoms with Crippen molar-refractivity contribution in [3.05, 3.63) is 58.9 Å².